The summed E-state index contributed by atoms with van der Waals surface area (Å²) in [6, 6.07) is 68.8. The number of rotatable bonds is 2. The summed E-state index contributed by atoms with van der Waals surface area (Å²) in [5, 5.41) is 8.37. The average Bonchev–Trinajstić information content (AvgIpc) is 3.81. The summed E-state index contributed by atoms with van der Waals surface area (Å²) in [6.07, 6.45) is 0. The zero-order valence-corrected chi connectivity index (χ0v) is 31.5. The molecule has 0 radical (unpaired) electrons. The number of benzene rings is 9. The number of hydrogen-bond acceptors (Lipinski definition) is 4. The van der Waals surface area contributed by atoms with E-state index in [0.29, 0.717) is 5.95 Å². The van der Waals surface area contributed by atoms with Gasteiger partial charge >= 0.3 is 0 Å². The molecule has 57 heavy (non-hydrogen) atoms. The number of fused-ring (bicyclic) bond motifs is 17. The van der Waals surface area contributed by atoms with Crippen LogP contribution in [0.5, 0.6) is 0 Å². The second kappa shape index (κ2) is 11.5. The SMILES string of the molecule is c1ccc2c(c1)-c1ccccc1C21c2ccccc2N(c2nc(-c3ccc4ccccc4c3)c3ccc4sc5c6ccccc6ccc5c4c3n2)c2ccccc21. The molecule has 0 fully saturated rings. The van der Waals surface area contributed by atoms with Crippen molar-refractivity contribution in [1.29, 1.82) is 0 Å². The van der Waals surface area contributed by atoms with E-state index >= 15 is 0 Å². The molecule has 0 unspecified atom stereocenters. The first kappa shape index (κ1) is 31.1. The van der Waals surface area contributed by atoms with Gasteiger partial charge in [-0.25, -0.2) is 9.97 Å². The molecule has 0 atom stereocenters. The van der Waals surface area contributed by atoms with Crippen LogP contribution in [0.25, 0.3) is 75.0 Å². The van der Waals surface area contributed by atoms with Gasteiger partial charge in [0, 0.05) is 31.1 Å². The normalized spacial score (nSPS) is 13.7. The maximum atomic E-state index is 5.70. The number of nitrogens with zero attached hydrogens (tertiary/aromatic N) is 3. The highest BCUT2D eigenvalue weighted by molar-refractivity contribution is 7.26. The van der Waals surface area contributed by atoms with Crippen molar-refractivity contribution in [3.05, 3.63) is 210 Å². The maximum Gasteiger partial charge on any atom is 0.235 e. The van der Waals surface area contributed by atoms with E-state index in [0.717, 1.165) is 33.5 Å². The van der Waals surface area contributed by atoms with Gasteiger partial charge in [0.15, 0.2) is 0 Å². The third-order valence-corrected chi connectivity index (χ3v) is 13.7. The summed E-state index contributed by atoms with van der Waals surface area (Å²) in [4.78, 5) is 13.7. The van der Waals surface area contributed by atoms with E-state index in [4.69, 9.17) is 9.97 Å². The Morgan fingerprint density at radius 1 is 0.439 bits per heavy atom. The van der Waals surface area contributed by atoms with E-state index < -0.39 is 5.41 Å². The van der Waals surface area contributed by atoms with E-state index in [9.17, 15) is 0 Å². The van der Waals surface area contributed by atoms with Gasteiger partial charge in [-0.1, -0.05) is 158 Å². The van der Waals surface area contributed by atoms with Gasteiger partial charge in [0.05, 0.1) is 28.0 Å². The summed E-state index contributed by atoms with van der Waals surface area (Å²) >= 11 is 1.85. The van der Waals surface area contributed by atoms with Crippen molar-refractivity contribution in [2.45, 2.75) is 5.41 Å². The summed E-state index contributed by atoms with van der Waals surface area (Å²) < 4.78 is 2.51. The highest BCUT2D eigenvalue weighted by Crippen LogP contribution is 2.63. The first-order chi connectivity index (χ1) is 28.3. The molecule has 3 nitrogen and oxygen atoms in total. The third kappa shape index (κ3) is 4.10. The van der Waals surface area contributed by atoms with Crippen molar-refractivity contribution in [3.8, 4) is 22.4 Å². The van der Waals surface area contributed by atoms with Crippen LogP contribution in [0.2, 0.25) is 0 Å². The minimum Gasteiger partial charge on any atom is -0.278 e. The first-order valence-electron chi connectivity index (χ1n) is 19.5. The molecule has 1 spiro atoms. The molecule has 264 valence electrons. The fourth-order valence-electron chi connectivity index (χ4n) is 10.1. The topological polar surface area (TPSA) is 29.0 Å². The molecule has 11 aromatic rings. The highest BCUT2D eigenvalue weighted by Gasteiger charge is 2.51. The number of anilines is 3. The molecule has 2 aliphatic rings. The van der Waals surface area contributed by atoms with Crippen molar-refractivity contribution >= 4 is 81.3 Å². The zero-order chi connectivity index (χ0) is 37.2. The van der Waals surface area contributed by atoms with Gasteiger partial charge in [-0.3, -0.25) is 4.90 Å². The number of thiophene rings is 1. The van der Waals surface area contributed by atoms with Crippen LogP contribution >= 0.6 is 11.3 Å². The maximum absolute atomic E-state index is 5.70. The smallest absolute Gasteiger partial charge is 0.235 e. The van der Waals surface area contributed by atoms with Crippen LogP contribution < -0.4 is 4.90 Å². The number of para-hydroxylation sites is 2. The van der Waals surface area contributed by atoms with Crippen LogP contribution in [-0.4, -0.2) is 9.97 Å². The van der Waals surface area contributed by atoms with Crippen molar-refractivity contribution in [2.24, 2.45) is 0 Å². The Balaban J connectivity index is 1.15. The molecule has 1 aliphatic carbocycles. The predicted octanol–water partition coefficient (Wildman–Crippen LogP) is 14.1. The summed E-state index contributed by atoms with van der Waals surface area (Å²) in [5.74, 6) is 0.660. The van der Waals surface area contributed by atoms with Crippen LogP contribution in [0.15, 0.2) is 188 Å². The monoisotopic (exact) mass is 741 g/mol. The molecule has 3 heterocycles. The Hall–Kier alpha value is -7.14. The second-order valence-electron chi connectivity index (χ2n) is 15.2. The van der Waals surface area contributed by atoms with Gasteiger partial charge in [-0.05, 0) is 85.3 Å². The lowest BCUT2D eigenvalue weighted by Gasteiger charge is -2.44. The molecule has 1 aliphatic heterocycles. The van der Waals surface area contributed by atoms with Crippen LogP contribution in [0.3, 0.4) is 0 Å². The fourth-order valence-corrected chi connectivity index (χ4v) is 11.3. The molecule has 2 aromatic heterocycles. The number of hydrogen-bond donors (Lipinski definition) is 0. The largest absolute Gasteiger partial charge is 0.278 e. The van der Waals surface area contributed by atoms with Gasteiger partial charge in [-0.15, -0.1) is 11.3 Å². The Morgan fingerprint density at radius 3 is 1.75 bits per heavy atom. The average molecular weight is 742 g/mol. The van der Waals surface area contributed by atoms with Crippen molar-refractivity contribution in [1.82, 2.24) is 9.97 Å². The molecular formula is C53H31N3S. The van der Waals surface area contributed by atoms with E-state index in [-0.39, 0.29) is 0 Å². The van der Waals surface area contributed by atoms with E-state index in [2.05, 4.69) is 193 Å². The van der Waals surface area contributed by atoms with Crippen LogP contribution in [0, 0.1) is 0 Å². The second-order valence-corrected chi connectivity index (χ2v) is 16.3. The Labute approximate surface area is 332 Å². The Morgan fingerprint density at radius 2 is 1.02 bits per heavy atom. The quantitative estimate of drug-likeness (QED) is 0.177. The molecule has 9 aromatic carbocycles. The number of aromatic nitrogens is 2. The summed E-state index contributed by atoms with van der Waals surface area (Å²) in [5.41, 5.74) is 12.2. The lowest BCUT2D eigenvalue weighted by Crippen LogP contribution is -2.36. The molecule has 0 saturated heterocycles. The van der Waals surface area contributed by atoms with Gasteiger partial charge < -0.3 is 0 Å². The summed E-state index contributed by atoms with van der Waals surface area (Å²) in [7, 11) is 0. The zero-order valence-electron chi connectivity index (χ0n) is 30.6. The van der Waals surface area contributed by atoms with E-state index in [1.54, 1.807) is 0 Å². The Kier molecular flexibility index (Phi) is 6.25. The van der Waals surface area contributed by atoms with Gasteiger partial charge in [-0.2, -0.15) is 0 Å². The van der Waals surface area contributed by atoms with Crippen molar-refractivity contribution < 1.29 is 0 Å². The lowest BCUT2D eigenvalue weighted by molar-refractivity contribution is 0.750. The van der Waals surface area contributed by atoms with E-state index in [1.807, 2.05) is 11.3 Å². The highest BCUT2D eigenvalue weighted by atomic mass is 32.1. The van der Waals surface area contributed by atoms with Gasteiger partial charge in [0.2, 0.25) is 5.95 Å². The van der Waals surface area contributed by atoms with E-state index in [1.165, 1.54) is 75.1 Å². The third-order valence-electron chi connectivity index (χ3n) is 12.5. The Bertz CT molecular complexity index is 3410. The van der Waals surface area contributed by atoms with Crippen LogP contribution in [-0.2, 0) is 5.41 Å². The van der Waals surface area contributed by atoms with Crippen LogP contribution in [0.4, 0.5) is 17.3 Å². The predicted molar refractivity (Wildman–Crippen MR) is 238 cm³/mol. The van der Waals surface area contributed by atoms with Gasteiger partial charge in [0.1, 0.15) is 0 Å². The van der Waals surface area contributed by atoms with Crippen LogP contribution in [0.1, 0.15) is 22.3 Å². The summed E-state index contributed by atoms with van der Waals surface area (Å²) in [6.45, 7) is 0. The fraction of sp³-hybridized carbons (Fsp3) is 0.0189. The van der Waals surface area contributed by atoms with Gasteiger partial charge in [0.25, 0.3) is 0 Å². The minimum atomic E-state index is -0.507. The molecule has 4 heteroatoms. The standard InChI is InChI=1S/C53H31N3S/c1-2-15-34-31-35(26-25-32(34)13-1)49-40-29-30-47-48(39-28-27-33-14-3-4-16-36(33)51(39)57-47)50(40)55-52(54-49)56-45-23-11-9-21-43(45)53(44-22-10-12-24-46(44)56)41-19-7-5-17-37(41)38-18-6-8-20-42(38)53/h1-31H. The molecular weight excluding hydrogens is 711 g/mol. The molecule has 0 N–H and O–H groups in total. The lowest BCUT2D eigenvalue weighted by atomic mass is 9.65. The molecule has 0 saturated carbocycles. The van der Waals surface area contributed by atoms with Crippen molar-refractivity contribution in [2.75, 3.05) is 4.90 Å². The minimum absolute atomic E-state index is 0.507. The molecule has 13 rings (SSSR count). The molecule has 0 bridgehead atoms. The first-order valence-corrected chi connectivity index (χ1v) is 20.3. The van der Waals surface area contributed by atoms with Crippen molar-refractivity contribution in [3.63, 3.8) is 0 Å². The molecule has 0 amide bonds.